The van der Waals surface area contributed by atoms with Crippen LogP contribution < -0.4 is 0 Å². The minimum atomic E-state index is -0.211. The van der Waals surface area contributed by atoms with Gasteiger partial charge in [0.25, 0.3) is 0 Å². The van der Waals surface area contributed by atoms with Gasteiger partial charge in [-0.3, -0.25) is 14.5 Å². The van der Waals surface area contributed by atoms with E-state index in [0.717, 1.165) is 0 Å². The zero-order valence-corrected chi connectivity index (χ0v) is 9.62. The van der Waals surface area contributed by atoms with E-state index in [0.29, 0.717) is 17.9 Å². The predicted octanol–water partition coefficient (Wildman–Crippen LogP) is 1.91. The van der Waals surface area contributed by atoms with Crippen molar-refractivity contribution in [3.05, 3.63) is 11.1 Å². The standard InChI is InChI=1S/C11H14ClNO2/c1-6(2)13-10(14)8-4-3-7(12)5-9(8)11(13)15/h3,6,8-9H,4-5H2,1-2H3. The van der Waals surface area contributed by atoms with Crippen LogP contribution in [0.4, 0.5) is 0 Å². The van der Waals surface area contributed by atoms with Crippen LogP contribution in [0.5, 0.6) is 0 Å². The fourth-order valence-corrected chi connectivity index (χ4v) is 2.62. The molecule has 0 bridgehead atoms. The number of hydrogen-bond donors (Lipinski definition) is 0. The maximum atomic E-state index is 12.0. The first kappa shape index (κ1) is 10.7. The predicted molar refractivity (Wildman–Crippen MR) is 57.1 cm³/mol. The smallest absolute Gasteiger partial charge is 0.233 e. The highest BCUT2D eigenvalue weighted by atomic mass is 35.5. The van der Waals surface area contributed by atoms with Crippen molar-refractivity contribution in [3.8, 4) is 0 Å². The van der Waals surface area contributed by atoms with Crippen molar-refractivity contribution in [2.75, 3.05) is 0 Å². The van der Waals surface area contributed by atoms with Crippen LogP contribution in [-0.4, -0.2) is 22.8 Å². The van der Waals surface area contributed by atoms with Gasteiger partial charge >= 0.3 is 0 Å². The molecule has 4 heteroatoms. The number of imide groups is 1. The number of likely N-dealkylation sites (tertiary alicyclic amines) is 1. The third kappa shape index (κ3) is 1.59. The molecular weight excluding hydrogens is 214 g/mol. The Kier molecular flexibility index (Phi) is 2.59. The second kappa shape index (κ2) is 3.63. The highest BCUT2D eigenvalue weighted by Crippen LogP contribution is 2.39. The van der Waals surface area contributed by atoms with E-state index in [1.807, 2.05) is 19.9 Å². The van der Waals surface area contributed by atoms with Crippen LogP contribution in [0.2, 0.25) is 0 Å². The van der Waals surface area contributed by atoms with Crippen LogP contribution in [0.25, 0.3) is 0 Å². The van der Waals surface area contributed by atoms with E-state index in [-0.39, 0.29) is 29.7 Å². The average Bonchev–Trinajstić information content (AvgIpc) is 2.39. The summed E-state index contributed by atoms with van der Waals surface area (Å²) in [6.45, 7) is 3.73. The molecule has 0 N–H and O–H groups in total. The summed E-state index contributed by atoms with van der Waals surface area (Å²) in [5.74, 6) is -0.452. The number of amides is 2. The van der Waals surface area contributed by atoms with Gasteiger partial charge in [-0.05, 0) is 26.7 Å². The molecule has 1 aliphatic carbocycles. The zero-order valence-electron chi connectivity index (χ0n) is 8.87. The van der Waals surface area contributed by atoms with Crippen LogP contribution in [-0.2, 0) is 9.59 Å². The van der Waals surface area contributed by atoms with Crippen LogP contribution in [0.3, 0.4) is 0 Å². The van der Waals surface area contributed by atoms with E-state index in [4.69, 9.17) is 11.6 Å². The number of hydrogen-bond acceptors (Lipinski definition) is 2. The van der Waals surface area contributed by atoms with Gasteiger partial charge in [0.15, 0.2) is 0 Å². The second-order valence-electron chi connectivity index (χ2n) is 4.44. The van der Waals surface area contributed by atoms with Gasteiger partial charge in [0, 0.05) is 11.1 Å². The van der Waals surface area contributed by atoms with E-state index < -0.39 is 0 Å². The van der Waals surface area contributed by atoms with Crippen molar-refractivity contribution in [2.24, 2.45) is 11.8 Å². The summed E-state index contributed by atoms with van der Waals surface area (Å²) in [6.07, 6.45) is 3.00. The maximum Gasteiger partial charge on any atom is 0.233 e. The van der Waals surface area contributed by atoms with E-state index in [1.54, 1.807) is 0 Å². The molecule has 1 aliphatic heterocycles. The van der Waals surface area contributed by atoms with Crippen molar-refractivity contribution in [1.82, 2.24) is 4.90 Å². The summed E-state index contributed by atoms with van der Waals surface area (Å²) in [5, 5.41) is 0.711. The zero-order chi connectivity index (χ0) is 11.2. The lowest BCUT2D eigenvalue weighted by Gasteiger charge is -2.18. The molecule has 0 spiro atoms. The molecule has 82 valence electrons. The van der Waals surface area contributed by atoms with Gasteiger partial charge in [-0.2, -0.15) is 0 Å². The van der Waals surface area contributed by atoms with Gasteiger partial charge in [-0.15, -0.1) is 0 Å². The molecule has 2 rings (SSSR count). The van der Waals surface area contributed by atoms with Gasteiger partial charge < -0.3 is 0 Å². The molecule has 3 nitrogen and oxygen atoms in total. The third-order valence-electron chi connectivity index (χ3n) is 3.12. The Morgan fingerprint density at radius 3 is 2.53 bits per heavy atom. The Morgan fingerprint density at radius 1 is 1.33 bits per heavy atom. The molecule has 2 aliphatic rings. The van der Waals surface area contributed by atoms with Gasteiger partial charge in [0.1, 0.15) is 0 Å². The van der Waals surface area contributed by atoms with Crippen molar-refractivity contribution >= 4 is 23.4 Å². The quantitative estimate of drug-likeness (QED) is 0.642. The molecule has 2 amide bonds. The fraction of sp³-hybridized carbons (Fsp3) is 0.636. The van der Waals surface area contributed by atoms with Crippen LogP contribution >= 0.6 is 11.6 Å². The highest BCUT2D eigenvalue weighted by Gasteiger charge is 2.48. The molecule has 0 aromatic carbocycles. The Bertz CT molecular complexity index is 348. The third-order valence-corrected chi connectivity index (χ3v) is 3.43. The Hall–Kier alpha value is -0.830. The van der Waals surface area contributed by atoms with Gasteiger partial charge in [0.2, 0.25) is 11.8 Å². The summed E-state index contributed by atoms with van der Waals surface area (Å²) >= 11 is 5.90. The van der Waals surface area contributed by atoms with Crippen molar-refractivity contribution < 1.29 is 9.59 Å². The molecule has 1 fully saturated rings. The minimum Gasteiger partial charge on any atom is -0.280 e. The van der Waals surface area contributed by atoms with E-state index in [1.165, 1.54) is 4.90 Å². The summed E-state index contributed by atoms with van der Waals surface area (Å²) < 4.78 is 0. The van der Waals surface area contributed by atoms with Crippen molar-refractivity contribution in [1.29, 1.82) is 0 Å². The molecule has 0 aromatic heterocycles. The van der Waals surface area contributed by atoms with Crippen molar-refractivity contribution in [3.63, 3.8) is 0 Å². The largest absolute Gasteiger partial charge is 0.280 e. The molecule has 2 atom stereocenters. The van der Waals surface area contributed by atoms with Crippen LogP contribution in [0.15, 0.2) is 11.1 Å². The molecule has 0 aromatic rings. The number of halogens is 1. The Labute approximate surface area is 94.1 Å². The number of carbonyl (C=O) groups is 2. The molecule has 1 heterocycles. The Morgan fingerprint density at radius 2 is 1.93 bits per heavy atom. The summed E-state index contributed by atoms with van der Waals surface area (Å²) in [6, 6.07) is -0.0469. The lowest BCUT2D eigenvalue weighted by atomic mass is 9.85. The number of rotatable bonds is 1. The first-order valence-electron chi connectivity index (χ1n) is 5.24. The number of nitrogens with zero attached hydrogens (tertiary/aromatic N) is 1. The molecule has 1 saturated heterocycles. The van der Waals surface area contributed by atoms with E-state index in [9.17, 15) is 9.59 Å². The molecular formula is C11H14ClNO2. The fourth-order valence-electron chi connectivity index (χ4n) is 2.36. The van der Waals surface area contributed by atoms with E-state index >= 15 is 0 Å². The molecule has 0 saturated carbocycles. The van der Waals surface area contributed by atoms with Crippen molar-refractivity contribution in [2.45, 2.75) is 32.7 Å². The second-order valence-corrected chi connectivity index (χ2v) is 4.93. The topological polar surface area (TPSA) is 37.4 Å². The minimum absolute atomic E-state index is 0.0274. The number of carbonyl (C=O) groups excluding carboxylic acids is 2. The number of fused-ring (bicyclic) bond motifs is 1. The first-order valence-corrected chi connectivity index (χ1v) is 5.61. The maximum absolute atomic E-state index is 12.0. The molecule has 2 unspecified atom stereocenters. The van der Waals surface area contributed by atoms with Gasteiger partial charge in [-0.25, -0.2) is 0 Å². The summed E-state index contributed by atoms with van der Waals surface area (Å²) in [5.41, 5.74) is 0. The molecule has 0 radical (unpaired) electrons. The normalized spacial score (nSPS) is 30.9. The first-order chi connectivity index (χ1) is 7.02. The summed E-state index contributed by atoms with van der Waals surface area (Å²) in [7, 11) is 0. The van der Waals surface area contributed by atoms with Gasteiger partial charge in [-0.1, -0.05) is 17.7 Å². The highest BCUT2D eigenvalue weighted by molar-refractivity contribution is 6.30. The van der Waals surface area contributed by atoms with Crippen LogP contribution in [0, 0.1) is 11.8 Å². The molecule has 15 heavy (non-hydrogen) atoms. The SMILES string of the molecule is CC(C)N1C(=O)C2CC=C(Cl)CC2C1=O. The lowest BCUT2D eigenvalue weighted by molar-refractivity contribution is -0.141. The number of allylic oxidation sites excluding steroid dienone is 2. The monoisotopic (exact) mass is 227 g/mol. The van der Waals surface area contributed by atoms with Gasteiger partial charge in [0.05, 0.1) is 11.8 Å². The van der Waals surface area contributed by atoms with E-state index in [2.05, 4.69) is 0 Å². The average molecular weight is 228 g/mol. The lowest BCUT2D eigenvalue weighted by Crippen LogP contribution is -2.37. The van der Waals surface area contributed by atoms with Crippen LogP contribution in [0.1, 0.15) is 26.7 Å². The summed E-state index contributed by atoms with van der Waals surface area (Å²) in [4.78, 5) is 25.3. The Balaban J connectivity index is 2.28.